The molecule has 1 unspecified atom stereocenters. The van der Waals surface area contributed by atoms with E-state index in [4.69, 9.17) is 5.73 Å². The van der Waals surface area contributed by atoms with E-state index in [2.05, 4.69) is 21.2 Å². The first-order valence-corrected chi connectivity index (χ1v) is 5.81. The number of hydrogen-bond donors (Lipinski definition) is 3. The molecule has 1 rings (SSSR count). The van der Waals surface area contributed by atoms with E-state index in [-0.39, 0.29) is 6.10 Å². The summed E-state index contributed by atoms with van der Waals surface area (Å²) in [5, 5.41) is 12.6. The molecule has 0 aliphatic heterocycles. The monoisotopic (exact) mass is 272 g/mol. The van der Waals surface area contributed by atoms with Crippen LogP contribution in [-0.2, 0) is 0 Å². The molecule has 0 amide bonds. The van der Waals surface area contributed by atoms with Gasteiger partial charge in [-0.3, -0.25) is 0 Å². The third-order valence-electron chi connectivity index (χ3n) is 2.21. The molecule has 15 heavy (non-hydrogen) atoms. The molecule has 0 saturated carbocycles. The van der Waals surface area contributed by atoms with Crippen molar-refractivity contribution < 1.29 is 5.11 Å². The maximum absolute atomic E-state index is 9.48. The van der Waals surface area contributed by atoms with Gasteiger partial charge in [0.05, 0.1) is 6.10 Å². The number of benzene rings is 1. The summed E-state index contributed by atoms with van der Waals surface area (Å²) in [6, 6.07) is 6.03. The van der Waals surface area contributed by atoms with Gasteiger partial charge in [-0.1, -0.05) is 22.0 Å². The summed E-state index contributed by atoms with van der Waals surface area (Å²) < 4.78 is 1.07. The maximum atomic E-state index is 9.48. The summed E-state index contributed by atoms with van der Waals surface area (Å²) in [6.07, 6.45) is 0.245. The lowest BCUT2D eigenvalue weighted by Gasteiger charge is -2.12. The molecule has 84 valence electrons. The fraction of sp³-hybridized carbons (Fsp3) is 0.455. The Hall–Kier alpha value is -0.580. The average Bonchev–Trinajstić information content (AvgIpc) is 2.20. The first kappa shape index (κ1) is 12.5. The van der Waals surface area contributed by atoms with Crippen LogP contribution in [0, 0.1) is 6.92 Å². The van der Waals surface area contributed by atoms with Gasteiger partial charge in [0.2, 0.25) is 0 Å². The fourth-order valence-corrected chi connectivity index (χ4v) is 1.61. The standard InChI is InChI=1S/C11H17BrN2O/c1-8-2-3-9(6-11(8)12)14-7-10(15)4-5-13/h2-3,6,10,14-15H,4-5,7,13H2,1H3. The molecule has 4 N–H and O–H groups in total. The average molecular weight is 273 g/mol. The highest BCUT2D eigenvalue weighted by Crippen LogP contribution is 2.20. The van der Waals surface area contributed by atoms with Gasteiger partial charge in [0.25, 0.3) is 0 Å². The predicted molar refractivity (Wildman–Crippen MR) is 67.0 cm³/mol. The van der Waals surface area contributed by atoms with Gasteiger partial charge in [0.1, 0.15) is 0 Å². The summed E-state index contributed by atoms with van der Waals surface area (Å²) in [6.45, 7) is 3.09. The van der Waals surface area contributed by atoms with Crippen LogP contribution in [0.3, 0.4) is 0 Å². The van der Waals surface area contributed by atoms with Gasteiger partial charge in [0, 0.05) is 16.7 Å². The Balaban J connectivity index is 2.47. The lowest BCUT2D eigenvalue weighted by atomic mass is 10.2. The van der Waals surface area contributed by atoms with Crippen molar-refractivity contribution in [2.24, 2.45) is 5.73 Å². The van der Waals surface area contributed by atoms with E-state index in [0.29, 0.717) is 19.5 Å². The molecule has 0 fully saturated rings. The zero-order chi connectivity index (χ0) is 11.3. The molecule has 0 bridgehead atoms. The Labute approximate surface area is 98.8 Å². The van der Waals surface area contributed by atoms with E-state index in [1.807, 2.05) is 25.1 Å². The van der Waals surface area contributed by atoms with Crippen molar-refractivity contribution >= 4 is 21.6 Å². The molecular weight excluding hydrogens is 256 g/mol. The van der Waals surface area contributed by atoms with E-state index in [1.54, 1.807) is 0 Å². The molecule has 0 aliphatic carbocycles. The quantitative estimate of drug-likeness (QED) is 0.767. The number of aliphatic hydroxyl groups is 1. The molecule has 0 saturated heterocycles. The molecule has 1 aromatic carbocycles. The Bertz CT molecular complexity index is 317. The predicted octanol–water partition coefficient (Wildman–Crippen LogP) is 1.88. The zero-order valence-corrected chi connectivity index (χ0v) is 10.4. The van der Waals surface area contributed by atoms with Crippen molar-refractivity contribution in [3.63, 3.8) is 0 Å². The molecule has 4 heteroatoms. The topological polar surface area (TPSA) is 58.3 Å². The molecule has 1 atom stereocenters. The highest BCUT2D eigenvalue weighted by atomic mass is 79.9. The van der Waals surface area contributed by atoms with E-state index in [9.17, 15) is 5.11 Å². The van der Waals surface area contributed by atoms with Crippen LogP contribution in [0.1, 0.15) is 12.0 Å². The Morgan fingerprint density at radius 3 is 2.87 bits per heavy atom. The van der Waals surface area contributed by atoms with E-state index in [0.717, 1.165) is 10.2 Å². The number of anilines is 1. The Morgan fingerprint density at radius 1 is 1.53 bits per heavy atom. The smallest absolute Gasteiger partial charge is 0.0724 e. The molecule has 0 aromatic heterocycles. The molecule has 3 nitrogen and oxygen atoms in total. The second kappa shape index (κ2) is 6.10. The molecule has 0 aliphatic rings. The lowest BCUT2D eigenvalue weighted by Crippen LogP contribution is -2.22. The van der Waals surface area contributed by atoms with Crippen LogP contribution in [0.5, 0.6) is 0 Å². The van der Waals surface area contributed by atoms with Crippen molar-refractivity contribution in [2.45, 2.75) is 19.4 Å². The second-order valence-corrected chi connectivity index (χ2v) is 4.43. The van der Waals surface area contributed by atoms with Crippen LogP contribution in [0.25, 0.3) is 0 Å². The van der Waals surface area contributed by atoms with Crippen molar-refractivity contribution in [2.75, 3.05) is 18.4 Å². The van der Waals surface area contributed by atoms with Gasteiger partial charge in [0.15, 0.2) is 0 Å². The lowest BCUT2D eigenvalue weighted by molar-refractivity contribution is 0.180. The van der Waals surface area contributed by atoms with E-state index in [1.165, 1.54) is 5.56 Å². The van der Waals surface area contributed by atoms with Gasteiger partial charge in [-0.15, -0.1) is 0 Å². The highest BCUT2D eigenvalue weighted by molar-refractivity contribution is 9.10. The minimum atomic E-state index is -0.380. The van der Waals surface area contributed by atoms with Crippen LogP contribution < -0.4 is 11.1 Å². The van der Waals surface area contributed by atoms with Crippen molar-refractivity contribution in [3.8, 4) is 0 Å². The van der Waals surface area contributed by atoms with Crippen LogP contribution in [-0.4, -0.2) is 24.3 Å². The first-order valence-electron chi connectivity index (χ1n) is 5.01. The number of hydrogen-bond acceptors (Lipinski definition) is 3. The minimum Gasteiger partial charge on any atom is -0.391 e. The molecule has 1 aromatic rings. The van der Waals surface area contributed by atoms with Gasteiger partial charge in [-0.2, -0.15) is 0 Å². The van der Waals surface area contributed by atoms with Gasteiger partial charge in [-0.05, 0) is 37.6 Å². The van der Waals surface area contributed by atoms with Crippen LogP contribution >= 0.6 is 15.9 Å². The SMILES string of the molecule is Cc1ccc(NCC(O)CCN)cc1Br. The molecule has 0 spiro atoms. The fourth-order valence-electron chi connectivity index (χ4n) is 1.23. The van der Waals surface area contributed by atoms with Crippen LogP contribution in [0.15, 0.2) is 22.7 Å². The third kappa shape index (κ3) is 4.20. The molecule has 0 heterocycles. The Morgan fingerprint density at radius 2 is 2.27 bits per heavy atom. The van der Waals surface area contributed by atoms with Gasteiger partial charge in [-0.25, -0.2) is 0 Å². The zero-order valence-electron chi connectivity index (χ0n) is 8.83. The number of aryl methyl sites for hydroxylation is 1. The number of aliphatic hydroxyl groups excluding tert-OH is 1. The number of nitrogens with one attached hydrogen (secondary N) is 1. The maximum Gasteiger partial charge on any atom is 0.0724 e. The Kier molecular flexibility index (Phi) is 5.08. The van der Waals surface area contributed by atoms with Gasteiger partial charge >= 0.3 is 0 Å². The van der Waals surface area contributed by atoms with Gasteiger partial charge < -0.3 is 16.2 Å². The largest absolute Gasteiger partial charge is 0.391 e. The molecular formula is C11H17BrN2O. The normalized spacial score (nSPS) is 12.5. The van der Waals surface area contributed by atoms with Crippen molar-refractivity contribution in [1.29, 1.82) is 0 Å². The summed E-state index contributed by atoms with van der Waals surface area (Å²) in [7, 11) is 0. The molecule has 0 radical (unpaired) electrons. The van der Waals surface area contributed by atoms with Crippen molar-refractivity contribution in [1.82, 2.24) is 0 Å². The number of nitrogens with two attached hydrogens (primary N) is 1. The van der Waals surface area contributed by atoms with Crippen molar-refractivity contribution in [3.05, 3.63) is 28.2 Å². The van der Waals surface area contributed by atoms with E-state index < -0.39 is 0 Å². The number of rotatable bonds is 5. The van der Waals surface area contributed by atoms with Crippen LogP contribution in [0.4, 0.5) is 5.69 Å². The summed E-state index contributed by atoms with van der Waals surface area (Å²) in [4.78, 5) is 0. The third-order valence-corrected chi connectivity index (χ3v) is 3.07. The first-order chi connectivity index (χ1) is 7.13. The number of halogens is 1. The van der Waals surface area contributed by atoms with Crippen LogP contribution in [0.2, 0.25) is 0 Å². The highest BCUT2D eigenvalue weighted by Gasteiger charge is 2.02. The minimum absolute atomic E-state index is 0.380. The summed E-state index contributed by atoms with van der Waals surface area (Å²) >= 11 is 3.46. The summed E-state index contributed by atoms with van der Waals surface area (Å²) in [5.74, 6) is 0. The summed E-state index contributed by atoms with van der Waals surface area (Å²) in [5.41, 5.74) is 7.55. The second-order valence-electron chi connectivity index (χ2n) is 3.58. The van der Waals surface area contributed by atoms with E-state index >= 15 is 0 Å².